The molecule has 194 valence electrons. The number of aryl methyl sites for hydroxylation is 1. The Bertz CT molecular complexity index is 1550. The van der Waals surface area contributed by atoms with Crippen LogP contribution in [0.3, 0.4) is 0 Å². The number of Topliss-reactive ketones (excluding diaryl/α,β-unsaturated/α-hetero) is 1. The molecule has 1 unspecified atom stereocenters. The van der Waals surface area contributed by atoms with E-state index in [-0.39, 0.29) is 23.4 Å². The van der Waals surface area contributed by atoms with Crippen molar-refractivity contribution in [1.82, 2.24) is 20.2 Å². The third-order valence-electron chi connectivity index (χ3n) is 5.88. The Hall–Kier alpha value is -4.01. The smallest absolute Gasteiger partial charge is 0.290 e. The van der Waals surface area contributed by atoms with E-state index < -0.39 is 29.3 Å². The minimum atomic E-state index is -1.14. The molecule has 4 rings (SSSR count). The molecule has 0 aliphatic carbocycles. The number of amides is 2. The van der Waals surface area contributed by atoms with Gasteiger partial charge in [0.2, 0.25) is 5.78 Å². The van der Waals surface area contributed by atoms with Gasteiger partial charge in [-0.1, -0.05) is 53.0 Å². The number of ketones is 1. The molecule has 0 saturated carbocycles. The van der Waals surface area contributed by atoms with Gasteiger partial charge >= 0.3 is 0 Å². The monoisotopic (exact) mass is 550 g/mol. The predicted octanol–water partition coefficient (Wildman–Crippen LogP) is 4.67. The highest BCUT2D eigenvalue weighted by molar-refractivity contribution is 6.39. The molecule has 2 N–H and O–H groups in total. The number of carbonyl (C=O) groups excluding carboxylic acids is 3. The first kappa shape index (κ1) is 27.0. The third kappa shape index (κ3) is 5.61. The van der Waals surface area contributed by atoms with E-state index in [0.29, 0.717) is 26.6 Å². The van der Waals surface area contributed by atoms with E-state index in [4.69, 9.17) is 23.2 Å². The minimum Gasteiger partial charge on any atom is -0.504 e. The molecule has 0 spiro atoms. The van der Waals surface area contributed by atoms with Crippen molar-refractivity contribution in [3.05, 3.63) is 98.9 Å². The molecule has 10 heteroatoms. The molecule has 0 aliphatic heterocycles. The maximum Gasteiger partial charge on any atom is 0.290 e. The summed E-state index contributed by atoms with van der Waals surface area (Å²) in [6, 6.07) is 15.3. The van der Waals surface area contributed by atoms with Gasteiger partial charge in [0.25, 0.3) is 11.8 Å². The van der Waals surface area contributed by atoms with Crippen molar-refractivity contribution in [3.63, 3.8) is 0 Å². The molecule has 0 fully saturated rings. The fourth-order valence-corrected chi connectivity index (χ4v) is 4.70. The molecule has 8 nitrogen and oxygen atoms in total. The van der Waals surface area contributed by atoms with Crippen molar-refractivity contribution in [1.29, 1.82) is 0 Å². The number of nitrogens with one attached hydrogen (secondary N) is 1. The summed E-state index contributed by atoms with van der Waals surface area (Å²) < 4.78 is 0. The summed E-state index contributed by atoms with van der Waals surface area (Å²) in [6.07, 6.45) is 1.45. The Morgan fingerprint density at radius 2 is 1.74 bits per heavy atom. The van der Waals surface area contributed by atoms with Crippen LogP contribution >= 0.6 is 23.2 Å². The molecule has 4 aromatic rings. The van der Waals surface area contributed by atoms with Gasteiger partial charge in [0, 0.05) is 42.3 Å². The zero-order chi connectivity index (χ0) is 27.6. The maximum atomic E-state index is 13.5. The lowest BCUT2D eigenvalue weighted by molar-refractivity contribution is -0.143. The Labute approximate surface area is 229 Å². The molecular formula is C28H24Cl2N4O4. The fourth-order valence-electron chi connectivity index (χ4n) is 4.13. The molecule has 2 aromatic heterocycles. The largest absolute Gasteiger partial charge is 0.504 e. The highest BCUT2D eigenvalue weighted by Gasteiger charge is 2.34. The van der Waals surface area contributed by atoms with Crippen LogP contribution < -0.4 is 5.32 Å². The van der Waals surface area contributed by atoms with Gasteiger partial charge in [-0.2, -0.15) is 0 Å². The number of nitrogens with zero attached hydrogens (tertiary/aromatic N) is 3. The number of likely N-dealkylation sites (N-methyl/N-ethyl adjacent to an activating group) is 1. The van der Waals surface area contributed by atoms with Gasteiger partial charge in [0.1, 0.15) is 5.52 Å². The lowest BCUT2D eigenvalue weighted by Crippen LogP contribution is -2.35. The molecule has 2 aromatic carbocycles. The Balaban J connectivity index is 1.86. The number of aromatic nitrogens is 2. The van der Waals surface area contributed by atoms with Gasteiger partial charge in [0.15, 0.2) is 11.4 Å². The number of halogens is 2. The molecular weight excluding hydrogens is 527 g/mol. The van der Waals surface area contributed by atoms with Crippen LogP contribution in [0, 0.1) is 6.92 Å². The molecule has 0 radical (unpaired) electrons. The molecule has 38 heavy (non-hydrogen) atoms. The summed E-state index contributed by atoms with van der Waals surface area (Å²) >= 11 is 12.1. The standard InChI is InChI=1S/C28H24Cl2N4O4/c1-15-6-4-7-17(10-15)21(25(35)28(38)34(2)3)22-20-8-5-9-31-23(20)26(36)24(33-22)27(37)32-14-16-11-18(29)13-19(30)12-16/h4-13,21,36H,14H2,1-3H3,(H,32,37). The van der Waals surface area contributed by atoms with Crippen LogP contribution in [0.2, 0.25) is 10.0 Å². The summed E-state index contributed by atoms with van der Waals surface area (Å²) in [6.45, 7) is 1.92. The number of aromatic hydroxyl groups is 1. The number of hydrogen-bond donors (Lipinski definition) is 2. The number of pyridine rings is 2. The zero-order valence-electron chi connectivity index (χ0n) is 20.8. The number of carbonyl (C=O) groups is 3. The average molecular weight is 551 g/mol. The average Bonchev–Trinajstić information content (AvgIpc) is 2.87. The highest BCUT2D eigenvalue weighted by Crippen LogP contribution is 2.35. The first-order chi connectivity index (χ1) is 18.1. The molecule has 2 amide bonds. The minimum absolute atomic E-state index is 0.0508. The molecule has 0 bridgehead atoms. The van der Waals surface area contributed by atoms with Crippen LogP contribution in [-0.4, -0.2) is 51.7 Å². The number of hydrogen-bond acceptors (Lipinski definition) is 6. The van der Waals surface area contributed by atoms with Crippen molar-refractivity contribution in [2.45, 2.75) is 19.4 Å². The first-order valence-electron chi connectivity index (χ1n) is 11.6. The third-order valence-corrected chi connectivity index (χ3v) is 6.32. The quantitative estimate of drug-likeness (QED) is 0.323. The van der Waals surface area contributed by atoms with Crippen LogP contribution in [-0.2, 0) is 16.1 Å². The van der Waals surface area contributed by atoms with Crippen molar-refractivity contribution >= 4 is 51.7 Å². The summed E-state index contributed by atoms with van der Waals surface area (Å²) in [5, 5.41) is 14.8. The second-order valence-electron chi connectivity index (χ2n) is 8.97. The summed E-state index contributed by atoms with van der Waals surface area (Å²) in [7, 11) is 2.97. The molecule has 1 atom stereocenters. The van der Waals surface area contributed by atoms with Gasteiger partial charge in [-0.25, -0.2) is 4.98 Å². The van der Waals surface area contributed by atoms with Crippen LogP contribution in [0.15, 0.2) is 60.8 Å². The van der Waals surface area contributed by atoms with E-state index in [1.54, 1.807) is 48.5 Å². The molecule has 0 aliphatic rings. The summed E-state index contributed by atoms with van der Waals surface area (Å²) in [5.41, 5.74) is 1.91. The van der Waals surface area contributed by atoms with Gasteiger partial charge < -0.3 is 15.3 Å². The number of benzene rings is 2. The van der Waals surface area contributed by atoms with E-state index in [2.05, 4.69) is 15.3 Å². The predicted molar refractivity (Wildman–Crippen MR) is 146 cm³/mol. The summed E-state index contributed by atoms with van der Waals surface area (Å²) in [4.78, 5) is 49.5. The molecule has 2 heterocycles. The summed E-state index contributed by atoms with van der Waals surface area (Å²) in [5.74, 6) is -3.76. The van der Waals surface area contributed by atoms with Crippen LogP contribution in [0.5, 0.6) is 5.75 Å². The topological polar surface area (TPSA) is 112 Å². The Kier molecular flexibility index (Phi) is 7.94. The first-order valence-corrected chi connectivity index (χ1v) is 12.3. The lowest BCUT2D eigenvalue weighted by Gasteiger charge is -2.21. The van der Waals surface area contributed by atoms with E-state index in [1.165, 1.54) is 25.2 Å². The van der Waals surface area contributed by atoms with E-state index >= 15 is 0 Å². The SMILES string of the molecule is Cc1cccc(C(C(=O)C(=O)N(C)C)c2nc(C(=O)NCc3cc(Cl)cc(Cl)c3)c(O)c3ncccc23)c1. The van der Waals surface area contributed by atoms with Crippen molar-refractivity contribution in [2.75, 3.05) is 14.1 Å². The normalized spacial score (nSPS) is 11.7. The van der Waals surface area contributed by atoms with Crippen molar-refractivity contribution in [3.8, 4) is 5.75 Å². The van der Waals surface area contributed by atoms with Crippen LogP contribution in [0.25, 0.3) is 10.9 Å². The van der Waals surface area contributed by atoms with Gasteiger partial charge in [-0.3, -0.25) is 19.4 Å². The van der Waals surface area contributed by atoms with E-state index in [1.807, 2.05) is 13.0 Å². The van der Waals surface area contributed by atoms with Gasteiger partial charge in [0.05, 0.1) is 11.6 Å². The van der Waals surface area contributed by atoms with Crippen LogP contribution in [0.4, 0.5) is 0 Å². The molecule has 0 saturated heterocycles. The second-order valence-corrected chi connectivity index (χ2v) is 9.84. The lowest BCUT2D eigenvalue weighted by atomic mass is 9.87. The van der Waals surface area contributed by atoms with E-state index in [9.17, 15) is 19.5 Å². The fraction of sp³-hybridized carbons (Fsp3) is 0.179. The van der Waals surface area contributed by atoms with Gasteiger partial charge in [-0.15, -0.1) is 0 Å². The highest BCUT2D eigenvalue weighted by atomic mass is 35.5. The maximum absolute atomic E-state index is 13.5. The second kappa shape index (κ2) is 11.2. The Morgan fingerprint density at radius 3 is 2.39 bits per heavy atom. The van der Waals surface area contributed by atoms with Gasteiger partial charge in [-0.05, 0) is 48.4 Å². The Morgan fingerprint density at radius 1 is 1.03 bits per heavy atom. The number of fused-ring (bicyclic) bond motifs is 1. The van der Waals surface area contributed by atoms with Crippen molar-refractivity contribution in [2.24, 2.45) is 0 Å². The zero-order valence-corrected chi connectivity index (χ0v) is 22.3. The van der Waals surface area contributed by atoms with Crippen molar-refractivity contribution < 1.29 is 19.5 Å². The van der Waals surface area contributed by atoms with Crippen LogP contribution in [0.1, 0.15) is 38.8 Å². The van der Waals surface area contributed by atoms with E-state index in [0.717, 1.165) is 5.56 Å². The number of rotatable bonds is 7.